The van der Waals surface area contributed by atoms with Crippen LogP contribution in [0, 0.1) is 0 Å². The van der Waals surface area contributed by atoms with E-state index in [9.17, 15) is 19.2 Å². The van der Waals surface area contributed by atoms with E-state index in [0.29, 0.717) is 17.2 Å². The molecule has 8 nitrogen and oxygen atoms in total. The maximum Gasteiger partial charge on any atom is 0.262 e. The van der Waals surface area contributed by atoms with Gasteiger partial charge in [-0.1, -0.05) is 19.4 Å². The number of rotatable bonds is 7. The predicted molar refractivity (Wildman–Crippen MR) is 114 cm³/mol. The van der Waals surface area contributed by atoms with Gasteiger partial charge in [-0.2, -0.15) is 0 Å². The molecule has 166 valence electrons. The second-order valence-corrected chi connectivity index (χ2v) is 8.69. The molecule has 4 amide bonds. The van der Waals surface area contributed by atoms with Crippen LogP contribution in [-0.2, 0) is 16.1 Å². The van der Waals surface area contributed by atoms with E-state index in [1.54, 1.807) is 12.1 Å². The third-order valence-electron chi connectivity index (χ3n) is 6.46. The molecule has 0 radical (unpaired) electrons. The summed E-state index contributed by atoms with van der Waals surface area (Å²) in [6.07, 6.45) is 4.91. The van der Waals surface area contributed by atoms with E-state index >= 15 is 0 Å². The van der Waals surface area contributed by atoms with E-state index in [1.165, 1.54) is 12.8 Å². The fourth-order valence-corrected chi connectivity index (χ4v) is 4.65. The molecule has 0 aliphatic carbocycles. The standard InChI is InChI=1S/C23H30N4O4/c1-2-3-10-24-16-8-11-26(12-9-16)14-15-4-5-17-18(13-15)23(31)27(22(17)30)19-6-7-20(28)25-21(19)29/h4-5,13,16,19,24H,2-3,6-12,14H2,1H3,(H,25,28,29). The van der Waals surface area contributed by atoms with Gasteiger partial charge in [0.05, 0.1) is 11.1 Å². The molecule has 3 heterocycles. The number of imide groups is 2. The summed E-state index contributed by atoms with van der Waals surface area (Å²) in [6, 6.07) is 5.02. The van der Waals surface area contributed by atoms with Crippen molar-refractivity contribution >= 4 is 23.6 Å². The Kier molecular flexibility index (Phi) is 6.48. The first-order valence-electron chi connectivity index (χ1n) is 11.3. The summed E-state index contributed by atoms with van der Waals surface area (Å²) in [5.41, 5.74) is 1.67. The molecule has 0 aromatic heterocycles. The van der Waals surface area contributed by atoms with Crippen LogP contribution in [0.15, 0.2) is 18.2 Å². The summed E-state index contributed by atoms with van der Waals surface area (Å²) in [4.78, 5) is 52.7. The van der Waals surface area contributed by atoms with Gasteiger partial charge in [0, 0.05) is 19.0 Å². The molecule has 1 aromatic carbocycles. The zero-order chi connectivity index (χ0) is 22.0. The van der Waals surface area contributed by atoms with Gasteiger partial charge in [0.2, 0.25) is 11.8 Å². The first kappa shape index (κ1) is 21.6. The lowest BCUT2D eigenvalue weighted by atomic mass is 10.0. The highest BCUT2D eigenvalue weighted by atomic mass is 16.2. The number of fused-ring (bicyclic) bond motifs is 1. The second-order valence-electron chi connectivity index (χ2n) is 8.69. The summed E-state index contributed by atoms with van der Waals surface area (Å²) in [5, 5.41) is 5.85. The van der Waals surface area contributed by atoms with Crippen molar-refractivity contribution in [2.75, 3.05) is 19.6 Å². The molecule has 1 unspecified atom stereocenters. The first-order chi connectivity index (χ1) is 15.0. The van der Waals surface area contributed by atoms with Gasteiger partial charge in [-0.3, -0.25) is 34.3 Å². The Morgan fingerprint density at radius 3 is 2.48 bits per heavy atom. The number of hydrogen-bond donors (Lipinski definition) is 2. The highest BCUT2D eigenvalue weighted by Crippen LogP contribution is 2.29. The number of hydrogen-bond acceptors (Lipinski definition) is 6. The minimum absolute atomic E-state index is 0.123. The number of nitrogens with one attached hydrogen (secondary N) is 2. The third-order valence-corrected chi connectivity index (χ3v) is 6.46. The average Bonchev–Trinajstić information content (AvgIpc) is 3.00. The molecule has 3 aliphatic rings. The topological polar surface area (TPSA) is 98.8 Å². The first-order valence-corrected chi connectivity index (χ1v) is 11.3. The number of piperidine rings is 2. The van der Waals surface area contributed by atoms with Crippen molar-refractivity contribution in [1.29, 1.82) is 0 Å². The molecular weight excluding hydrogens is 396 g/mol. The smallest absolute Gasteiger partial charge is 0.262 e. The predicted octanol–water partition coefficient (Wildman–Crippen LogP) is 1.44. The molecule has 1 atom stereocenters. The SMILES string of the molecule is CCCCNC1CCN(Cc2ccc3c(c2)C(=O)N(C2CCC(=O)NC2=O)C3=O)CC1. The van der Waals surface area contributed by atoms with Crippen LogP contribution in [0.5, 0.6) is 0 Å². The molecule has 1 aromatic rings. The molecule has 2 N–H and O–H groups in total. The molecule has 0 bridgehead atoms. The van der Waals surface area contributed by atoms with Crippen molar-refractivity contribution in [1.82, 2.24) is 20.4 Å². The molecule has 4 rings (SSSR count). The Bertz CT molecular complexity index is 892. The zero-order valence-electron chi connectivity index (χ0n) is 18.0. The fourth-order valence-electron chi connectivity index (χ4n) is 4.65. The maximum atomic E-state index is 13.0. The Labute approximate surface area is 182 Å². The van der Waals surface area contributed by atoms with Crippen molar-refractivity contribution in [3.63, 3.8) is 0 Å². The highest BCUT2D eigenvalue weighted by Gasteiger charge is 2.44. The van der Waals surface area contributed by atoms with Crippen molar-refractivity contribution in [3.05, 3.63) is 34.9 Å². The largest absolute Gasteiger partial charge is 0.314 e. The molecule has 0 saturated carbocycles. The Balaban J connectivity index is 1.39. The summed E-state index contributed by atoms with van der Waals surface area (Å²) in [5.74, 6) is -1.86. The minimum atomic E-state index is -0.923. The fraction of sp³-hybridized carbons (Fsp3) is 0.565. The van der Waals surface area contributed by atoms with E-state index < -0.39 is 23.8 Å². The number of unbranched alkanes of at least 4 members (excludes halogenated alkanes) is 1. The maximum absolute atomic E-state index is 13.0. The summed E-state index contributed by atoms with van der Waals surface area (Å²) in [7, 11) is 0. The Morgan fingerprint density at radius 1 is 1.03 bits per heavy atom. The summed E-state index contributed by atoms with van der Waals surface area (Å²) in [6.45, 7) is 6.00. The van der Waals surface area contributed by atoms with Crippen molar-refractivity contribution in [2.45, 2.75) is 64.1 Å². The third kappa shape index (κ3) is 4.55. The molecule has 2 fully saturated rings. The van der Waals surface area contributed by atoms with Gasteiger partial charge in [-0.05, 0) is 63.0 Å². The minimum Gasteiger partial charge on any atom is -0.314 e. The molecule has 31 heavy (non-hydrogen) atoms. The number of likely N-dealkylation sites (tertiary alicyclic amines) is 1. The quantitative estimate of drug-likeness (QED) is 0.506. The monoisotopic (exact) mass is 426 g/mol. The van der Waals surface area contributed by atoms with Gasteiger partial charge in [0.1, 0.15) is 6.04 Å². The van der Waals surface area contributed by atoms with E-state index in [1.807, 2.05) is 6.07 Å². The van der Waals surface area contributed by atoms with Crippen LogP contribution in [-0.4, -0.2) is 65.1 Å². The summed E-state index contributed by atoms with van der Waals surface area (Å²) < 4.78 is 0. The van der Waals surface area contributed by atoms with E-state index in [2.05, 4.69) is 22.5 Å². The van der Waals surface area contributed by atoms with Gasteiger partial charge in [-0.15, -0.1) is 0 Å². The number of nitrogens with zero attached hydrogens (tertiary/aromatic N) is 2. The van der Waals surface area contributed by atoms with Gasteiger partial charge >= 0.3 is 0 Å². The lowest BCUT2D eigenvalue weighted by Gasteiger charge is -2.32. The van der Waals surface area contributed by atoms with Gasteiger partial charge in [0.25, 0.3) is 11.8 Å². The second kappa shape index (κ2) is 9.28. The number of amides is 4. The van der Waals surface area contributed by atoms with Crippen LogP contribution < -0.4 is 10.6 Å². The molecule has 8 heteroatoms. The van der Waals surface area contributed by atoms with Crippen molar-refractivity contribution in [3.8, 4) is 0 Å². The average molecular weight is 427 g/mol. The van der Waals surface area contributed by atoms with Gasteiger partial charge in [-0.25, -0.2) is 0 Å². The van der Waals surface area contributed by atoms with E-state index in [4.69, 9.17) is 0 Å². The number of benzene rings is 1. The van der Waals surface area contributed by atoms with Crippen LogP contribution in [0.4, 0.5) is 0 Å². The highest BCUT2D eigenvalue weighted by molar-refractivity contribution is 6.23. The normalized spacial score (nSPS) is 22.7. The van der Waals surface area contributed by atoms with Crippen LogP contribution in [0.25, 0.3) is 0 Å². The van der Waals surface area contributed by atoms with Crippen LogP contribution in [0.2, 0.25) is 0 Å². The van der Waals surface area contributed by atoms with Gasteiger partial charge in [0.15, 0.2) is 0 Å². The molecule has 3 aliphatic heterocycles. The van der Waals surface area contributed by atoms with E-state index in [0.717, 1.165) is 49.5 Å². The van der Waals surface area contributed by atoms with Gasteiger partial charge < -0.3 is 5.32 Å². The molecule has 0 spiro atoms. The number of carbonyl (C=O) groups is 4. The number of carbonyl (C=O) groups excluding carboxylic acids is 4. The Hall–Kier alpha value is -2.58. The van der Waals surface area contributed by atoms with E-state index in [-0.39, 0.29) is 18.7 Å². The van der Waals surface area contributed by atoms with Crippen LogP contribution in [0.3, 0.4) is 0 Å². The Morgan fingerprint density at radius 2 is 1.77 bits per heavy atom. The lowest BCUT2D eigenvalue weighted by molar-refractivity contribution is -0.136. The molecular formula is C23H30N4O4. The zero-order valence-corrected chi connectivity index (χ0v) is 18.0. The van der Waals surface area contributed by atoms with Crippen molar-refractivity contribution in [2.24, 2.45) is 0 Å². The summed E-state index contributed by atoms with van der Waals surface area (Å²) >= 11 is 0. The van der Waals surface area contributed by atoms with Crippen LogP contribution in [0.1, 0.15) is 71.7 Å². The van der Waals surface area contributed by atoms with Crippen molar-refractivity contribution < 1.29 is 19.2 Å². The lowest BCUT2D eigenvalue weighted by Crippen LogP contribution is -2.54. The molecule has 2 saturated heterocycles. The van der Waals surface area contributed by atoms with Crippen LogP contribution >= 0.6 is 0 Å².